The molecule has 2 aromatic rings. The molecular formula is C13H13ClN2O2. The third-order valence-corrected chi connectivity index (χ3v) is 3.07. The molecule has 94 valence electrons. The minimum Gasteiger partial charge on any atom is -0.477 e. The molecule has 1 heterocycles. The Hall–Kier alpha value is -1.81. The summed E-state index contributed by atoms with van der Waals surface area (Å²) in [4.78, 5) is 16.0. The first-order chi connectivity index (χ1) is 8.63. The first-order valence-corrected chi connectivity index (χ1v) is 5.86. The Kier molecular flexibility index (Phi) is 3.67. The van der Waals surface area contributed by atoms with Crippen molar-refractivity contribution >= 4 is 11.6 Å². The van der Waals surface area contributed by atoms with Gasteiger partial charge >= 0.3 is 5.56 Å². The van der Waals surface area contributed by atoms with E-state index in [1.807, 2.05) is 30.3 Å². The molecule has 0 aliphatic heterocycles. The van der Waals surface area contributed by atoms with E-state index in [4.69, 9.17) is 16.3 Å². The topological polar surface area (TPSA) is 44.1 Å². The smallest absolute Gasteiger partial charge is 0.313 e. The molecule has 0 atom stereocenters. The summed E-state index contributed by atoms with van der Waals surface area (Å²) in [5.41, 5.74) is 1.38. The molecular weight excluding hydrogens is 252 g/mol. The van der Waals surface area contributed by atoms with Gasteiger partial charge in [0.25, 0.3) is 5.88 Å². The Morgan fingerprint density at radius 1 is 1.33 bits per heavy atom. The predicted molar refractivity (Wildman–Crippen MR) is 70.3 cm³/mol. The lowest BCUT2D eigenvalue weighted by Gasteiger charge is -2.12. The van der Waals surface area contributed by atoms with Crippen LogP contribution in [0.15, 0.2) is 35.1 Å². The van der Waals surface area contributed by atoms with Crippen LogP contribution in [0, 0.1) is 6.92 Å². The predicted octanol–water partition coefficient (Wildman–Crippen LogP) is 2.26. The number of aromatic nitrogens is 2. The molecule has 4 nitrogen and oxygen atoms in total. The van der Waals surface area contributed by atoms with Gasteiger partial charge in [0.05, 0.1) is 19.3 Å². The molecule has 0 unspecified atom stereocenters. The average Bonchev–Trinajstić information content (AvgIpc) is 2.40. The first kappa shape index (κ1) is 12.6. The summed E-state index contributed by atoms with van der Waals surface area (Å²) in [5.74, 6) is 0.0153. The van der Waals surface area contributed by atoms with Crippen LogP contribution in [0.4, 0.5) is 0 Å². The summed E-state index contributed by atoms with van der Waals surface area (Å²) >= 11 is 5.99. The summed E-state index contributed by atoms with van der Waals surface area (Å²) in [7, 11) is 1.41. The van der Waals surface area contributed by atoms with Gasteiger partial charge in [-0.2, -0.15) is 4.98 Å². The molecule has 0 aliphatic carbocycles. The minimum atomic E-state index is -0.275. The van der Waals surface area contributed by atoms with Crippen LogP contribution in [0.3, 0.4) is 0 Å². The summed E-state index contributed by atoms with van der Waals surface area (Å²) in [6, 6.07) is 9.68. The van der Waals surface area contributed by atoms with Crippen LogP contribution in [0.5, 0.6) is 5.88 Å². The van der Waals surface area contributed by atoms with E-state index in [-0.39, 0.29) is 16.6 Å². The van der Waals surface area contributed by atoms with Crippen molar-refractivity contribution in [2.45, 2.75) is 13.5 Å². The van der Waals surface area contributed by atoms with Crippen LogP contribution >= 0.6 is 11.6 Å². The maximum Gasteiger partial charge on any atom is 0.313 e. The molecule has 0 fully saturated rings. The number of hydrogen-bond acceptors (Lipinski definition) is 3. The van der Waals surface area contributed by atoms with E-state index in [9.17, 15) is 4.79 Å². The highest BCUT2D eigenvalue weighted by molar-refractivity contribution is 6.30. The van der Waals surface area contributed by atoms with Crippen molar-refractivity contribution < 1.29 is 4.74 Å². The number of halogens is 1. The Bertz CT molecular complexity index is 608. The monoisotopic (exact) mass is 264 g/mol. The molecule has 5 heteroatoms. The van der Waals surface area contributed by atoms with Gasteiger partial charge in [-0.15, -0.1) is 0 Å². The lowest BCUT2D eigenvalue weighted by atomic mass is 10.2. The zero-order chi connectivity index (χ0) is 13.1. The maximum absolute atomic E-state index is 12.1. The molecule has 0 saturated heterocycles. The van der Waals surface area contributed by atoms with Crippen LogP contribution in [-0.4, -0.2) is 16.7 Å². The largest absolute Gasteiger partial charge is 0.477 e. The van der Waals surface area contributed by atoms with E-state index in [1.54, 1.807) is 11.5 Å². The molecule has 1 aromatic heterocycles. The van der Waals surface area contributed by atoms with Crippen LogP contribution in [-0.2, 0) is 6.54 Å². The lowest BCUT2D eigenvalue weighted by Crippen LogP contribution is -2.25. The molecule has 0 bridgehead atoms. The van der Waals surface area contributed by atoms with Gasteiger partial charge in [0, 0.05) is 0 Å². The summed E-state index contributed by atoms with van der Waals surface area (Å²) < 4.78 is 6.49. The molecule has 1 aromatic carbocycles. The van der Waals surface area contributed by atoms with Gasteiger partial charge in [0.1, 0.15) is 0 Å². The van der Waals surface area contributed by atoms with Gasteiger partial charge in [-0.1, -0.05) is 41.9 Å². The Morgan fingerprint density at radius 2 is 2.00 bits per heavy atom. The zero-order valence-electron chi connectivity index (χ0n) is 10.2. The SMILES string of the molecule is COc1nc(Cl)c(C)n(Cc2ccccc2)c1=O. The number of methoxy groups -OCH3 is 1. The van der Waals surface area contributed by atoms with E-state index < -0.39 is 0 Å². The van der Waals surface area contributed by atoms with Crippen molar-refractivity contribution in [2.24, 2.45) is 0 Å². The van der Waals surface area contributed by atoms with Crippen LogP contribution in [0.1, 0.15) is 11.3 Å². The molecule has 18 heavy (non-hydrogen) atoms. The van der Waals surface area contributed by atoms with Crippen LogP contribution < -0.4 is 10.3 Å². The van der Waals surface area contributed by atoms with Crippen LogP contribution in [0.25, 0.3) is 0 Å². The summed E-state index contributed by atoms with van der Waals surface area (Å²) in [5, 5.41) is 0.280. The van der Waals surface area contributed by atoms with Crippen molar-refractivity contribution in [1.82, 2.24) is 9.55 Å². The van der Waals surface area contributed by atoms with Crippen molar-refractivity contribution in [2.75, 3.05) is 7.11 Å². The molecule has 0 amide bonds. The van der Waals surface area contributed by atoms with Crippen molar-refractivity contribution in [1.29, 1.82) is 0 Å². The van der Waals surface area contributed by atoms with E-state index in [0.29, 0.717) is 12.2 Å². The third kappa shape index (κ3) is 2.38. The maximum atomic E-state index is 12.1. The fourth-order valence-electron chi connectivity index (χ4n) is 1.69. The van der Waals surface area contributed by atoms with Gasteiger partial charge < -0.3 is 9.30 Å². The summed E-state index contributed by atoms with van der Waals surface area (Å²) in [6.07, 6.45) is 0. The van der Waals surface area contributed by atoms with Gasteiger partial charge in [0.15, 0.2) is 5.15 Å². The highest BCUT2D eigenvalue weighted by atomic mass is 35.5. The molecule has 0 aliphatic rings. The Balaban J connectivity index is 2.50. The van der Waals surface area contributed by atoms with Gasteiger partial charge in [-0.05, 0) is 12.5 Å². The van der Waals surface area contributed by atoms with Crippen molar-refractivity contribution in [3.8, 4) is 5.88 Å². The van der Waals surface area contributed by atoms with E-state index in [0.717, 1.165) is 5.56 Å². The molecule has 2 rings (SSSR count). The van der Waals surface area contributed by atoms with Crippen molar-refractivity contribution in [3.63, 3.8) is 0 Å². The second-order valence-electron chi connectivity index (χ2n) is 3.87. The number of benzene rings is 1. The Morgan fingerprint density at radius 3 is 2.61 bits per heavy atom. The minimum absolute atomic E-state index is 0.0153. The second kappa shape index (κ2) is 5.23. The van der Waals surface area contributed by atoms with Gasteiger partial charge in [-0.3, -0.25) is 4.79 Å². The molecule has 0 radical (unpaired) electrons. The summed E-state index contributed by atoms with van der Waals surface area (Å²) in [6.45, 7) is 2.21. The Labute approximate surface area is 110 Å². The van der Waals surface area contributed by atoms with Crippen molar-refractivity contribution in [3.05, 3.63) is 57.1 Å². The quantitative estimate of drug-likeness (QED) is 0.854. The lowest BCUT2D eigenvalue weighted by molar-refractivity contribution is 0.384. The third-order valence-electron chi connectivity index (χ3n) is 2.71. The van der Waals surface area contributed by atoms with E-state index in [2.05, 4.69) is 4.98 Å². The highest BCUT2D eigenvalue weighted by Crippen LogP contribution is 2.14. The highest BCUT2D eigenvalue weighted by Gasteiger charge is 2.12. The van der Waals surface area contributed by atoms with Gasteiger partial charge in [0.2, 0.25) is 0 Å². The first-order valence-electron chi connectivity index (χ1n) is 5.48. The number of nitrogens with zero attached hydrogens (tertiary/aromatic N) is 2. The number of hydrogen-bond donors (Lipinski definition) is 0. The molecule has 0 N–H and O–H groups in total. The van der Waals surface area contributed by atoms with E-state index >= 15 is 0 Å². The number of ether oxygens (including phenoxy) is 1. The molecule has 0 saturated carbocycles. The normalized spacial score (nSPS) is 10.4. The molecule has 0 spiro atoms. The zero-order valence-corrected chi connectivity index (χ0v) is 10.9. The van der Waals surface area contributed by atoms with E-state index in [1.165, 1.54) is 7.11 Å². The van der Waals surface area contributed by atoms with Crippen LogP contribution in [0.2, 0.25) is 5.15 Å². The fraction of sp³-hybridized carbons (Fsp3) is 0.231. The van der Waals surface area contributed by atoms with Gasteiger partial charge in [-0.25, -0.2) is 0 Å². The standard InChI is InChI=1S/C13H13ClN2O2/c1-9-11(14)15-12(18-2)13(17)16(9)8-10-6-4-3-5-7-10/h3-7H,8H2,1-2H3. The average molecular weight is 265 g/mol. The fourth-order valence-corrected chi connectivity index (χ4v) is 1.87. The second-order valence-corrected chi connectivity index (χ2v) is 4.23. The number of rotatable bonds is 3.